The molecule has 2 nitrogen and oxygen atoms in total. The van der Waals surface area contributed by atoms with Crippen molar-refractivity contribution in [3.8, 4) is 0 Å². The summed E-state index contributed by atoms with van der Waals surface area (Å²) in [5.41, 5.74) is 1.32. The van der Waals surface area contributed by atoms with Gasteiger partial charge < -0.3 is 4.90 Å². The van der Waals surface area contributed by atoms with Gasteiger partial charge in [0.2, 0.25) is 0 Å². The number of benzene rings is 2. The van der Waals surface area contributed by atoms with Gasteiger partial charge >= 0.3 is 0 Å². The molecule has 0 aliphatic rings. The van der Waals surface area contributed by atoms with Gasteiger partial charge in [0.05, 0.1) is 5.56 Å². The van der Waals surface area contributed by atoms with Crippen LogP contribution < -0.4 is 0 Å². The Labute approximate surface area is 133 Å². The van der Waals surface area contributed by atoms with E-state index in [4.69, 9.17) is 0 Å². The van der Waals surface area contributed by atoms with Crippen molar-refractivity contribution in [3.63, 3.8) is 0 Å². The molecular formula is C15H12Br2FNO. The molecule has 0 saturated heterocycles. The van der Waals surface area contributed by atoms with E-state index in [1.165, 1.54) is 12.1 Å². The average molecular weight is 401 g/mol. The number of carbonyl (C=O) groups excluding carboxylic acids is 1. The van der Waals surface area contributed by atoms with Gasteiger partial charge in [-0.25, -0.2) is 4.39 Å². The zero-order valence-electron chi connectivity index (χ0n) is 10.7. The predicted molar refractivity (Wildman–Crippen MR) is 84.0 cm³/mol. The highest BCUT2D eigenvalue weighted by molar-refractivity contribution is 9.11. The minimum atomic E-state index is -0.299. The number of hydrogen-bond acceptors (Lipinski definition) is 1. The first-order chi connectivity index (χ1) is 9.47. The molecule has 1 amide bonds. The normalized spacial score (nSPS) is 10.4. The first-order valence-corrected chi connectivity index (χ1v) is 7.51. The van der Waals surface area contributed by atoms with Crippen LogP contribution in [0.25, 0.3) is 0 Å². The van der Waals surface area contributed by atoms with Gasteiger partial charge in [0.1, 0.15) is 5.82 Å². The van der Waals surface area contributed by atoms with Gasteiger partial charge in [0, 0.05) is 22.5 Å². The van der Waals surface area contributed by atoms with Crippen molar-refractivity contribution in [3.05, 3.63) is 68.4 Å². The van der Waals surface area contributed by atoms with Gasteiger partial charge in [-0.2, -0.15) is 0 Å². The summed E-state index contributed by atoms with van der Waals surface area (Å²) in [5.74, 6) is -0.422. The number of halogens is 3. The molecular weight excluding hydrogens is 389 g/mol. The van der Waals surface area contributed by atoms with Gasteiger partial charge in [-0.05, 0) is 51.8 Å². The van der Waals surface area contributed by atoms with Gasteiger partial charge in [-0.15, -0.1) is 0 Å². The quantitative estimate of drug-likeness (QED) is 0.735. The molecule has 0 saturated carbocycles. The number of carbonyl (C=O) groups is 1. The van der Waals surface area contributed by atoms with E-state index < -0.39 is 0 Å². The second-order valence-corrected chi connectivity index (χ2v) is 6.19. The van der Waals surface area contributed by atoms with Gasteiger partial charge in [-0.3, -0.25) is 4.79 Å². The summed E-state index contributed by atoms with van der Waals surface area (Å²) < 4.78 is 14.7. The van der Waals surface area contributed by atoms with E-state index in [0.29, 0.717) is 12.1 Å². The van der Waals surface area contributed by atoms with Crippen molar-refractivity contribution in [2.45, 2.75) is 6.54 Å². The SMILES string of the molecule is CN(Cc1cccc(F)c1)C(=O)c1cc(Br)ccc1Br. The highest BCUT2D eigenvalue weighted by atomic mass is 79.9. The maximum Gasteiger partial charge on any atom is 0.255 e. The van der Waals surface area contributed by atoms with Crippen LogP contribution in [-0.4, -0.2) is 17.9 Å². The van der Waals surface area contributed by atoms with Crippen LogP contribution in [0.4, 0.5) is 4.39 Å². The molecule has 0 aliphatic heterocycles. The Morgan fingerprint density at radius 3 is 2.65 bits per heavy atom. The van der Waals surface area contributed by atoms with Gasteiger partial charge in [0.25, 0.3) is 5.91 Å². The molecule has 0 aromatic heterocycles. The molecule has 0 fully saturated rings. The summed E-state index contributed by atoms with van der Waals surface area (Å²) in [4.78, 5) is 13.9. The fraction of sp³-hybridized carbons (Fsp3) is 0.133. The molecule has 2 aromatic rings. The van der Waals surface area contributed by atoms with Crippen LogP contribution in [0.5, 0.6) is 0 Å². The van der Waals surface area contributed by atoms with Crippen LogP contribution >= 0.6 is 31.9 Å². The highest BCUT2D eigenvalue weighted by Crippen LogP contribution is 2.23. The smallest absolute Gasteiger partial charge is 0.255 e. The van der Waals surface area contributed by atoms with Crippen molar-refractivity contribution in [1.29, 1.82) is 0 Å². The Bertz CT molecular complexity index is 646. The Kier molecular flexibility index (Phi) is 4.94. The maximum absolute atomic E-state index is 13.1. The van der Waals surface area contributed by atoms with E-state index in [2.05, 4.69) is 31.9 Å². The molecule has 20 heavy (non-hydrogen) atoms. The molecule has 5 heteroatoms. The minimum Gasteiger partial charge on any atom is -0.337 e. The lowest BCUT2D eigenvalue weighted by atomic mass is 10.1. The molecule has 0 unspecified atom stereocenters. The molecule has 0 heterocycles. The highest BCUT2D eigenvalue weighted by Gasteiger charge is 2.15. The molecule has 104 valence electrons. The van der Waals surface area contributed by atoms with Crippen molar-refractivity contribution in [2.75, 3.05) is 7.05 Å². The third kappa shape index (κ3) is 3.67. The molecule has 2 rings (SSSR count). The molecule has 2 aromatic carbocycles. The molecule has 0 radical (unpaired) electrons. The molecule has 0 bridgehead atoms. The zero-order chi connectivity index (χ0) is 14.7. The fourth-order valence-corrected chi connectivity index (χ4v) is 2.63. The molecule has 0 aliphatic carbocycles. The van der Waals surface area contributed by atoms with E-state index in [0.717, 1.165) is 14.5 Å². The van der Waals surface area contributed by atoms with E-state index in [9.17, 15) is 9.18 Å². The topological polar surface area (TPSA) is 20.3 Å². The summed E-state index contributed by atoms with van der Waals surface area (Å²) in [7, 11) is 1.70. The lowest BCUT2D eigenvalue weighted by molar-refractivity contribution is 0.0784. The number of rotatable bonds is 3. The summed E-state index contributed by atoms with van der Waals surface area (Å²) in [6, 6.07) is 11.7. The van der Waals surface area contributed by atoms with E-state index in [-0.39, 0.29) is 11.7 Å². The van der Waals surface area contributed by atoms with E-state index >= 15 is 0 Å². The molecule has 0 spiro atoms. The second kappa shape index (κ2) is 6.50. The standard InChI is InChI=1S/C15H12Br2FNO/c1-19(9-10-3-2-4-12(18)7-10)15(20)13-8-11(16)5-6-14(13)17/h2-8H,9H2,1H3. The third-order valence-electron chi connectivity index (χ3n) is 2.81. The summed E-state index contributed by atoms with van der Waals surface area (Å²) in [6.45, 7) is 0.357. The largest absolute Gasteiger partial charge is 0.337 e. The Balaban J connectivity index is 2.18. The van der Waals surface area contributed by atoms with E-state index in [1.54, 1.807) is 30.1 Å². The maximum atomic E-state index is 13.1. The van der Waals surface area contributed by atoms with Crippen molar-refractivity contribution in [1.82, 2.24) is 4.90 Å². The fourth-order valence-electron chi connectivity index (χ4n) is 1.85. The van der Waals surface area contributed by atoms with Gasteiger partial charge in [0.15, 0.2) is 0 Å². The molecule has 0 atom stereocenters. The van der Waals surface area contributed by atoms with Crippen molar-refractivity contribution < 1.29 is 9.18 Å². The number of hydrogen-bond donors (Lipinski definition) is 0. The summed E-state index contributed by atoms with van der Waals surface area (Å²) in [5, 5.41) is 0. The monoisotopic (exact) mass is 399 g/mol. The summed E-state index contributed by atoms with van der Waals surface area (Å²) >= 11 is 6.72. The predicted octanol–water partition coefficient (Wildman–Crippen LogP) is 4.62. The third-order valence-corrected chi connectivity index (χ3v) is 4.00. The van der Waals surface area contributed by atoms with Crippen molar-refractivity contribution in [2.24, 2.45) is 0 Å². The van der Waals surface area contributed by atoms with Crippen molar-refractivity contribution >= 4 is 37.8 Å². The lowest BCUT2D eigenvalue weighted by Gasteiger charge is -2.18. The van der Waals surface area contributed by atoms with Crippen LogP contribution in [0.2, 0.25) is 0 Å². The Hall–Kier alpha value is -1.20. The zero-order valence-corrected chi connectivity index (χ0v) is 13.9. The first-order valence-electron chi connectivity index (χ1n) is 5.92. The molecule has 0 N–H and O–H groups in total. The number of nitrogens with zero attached hydrogens (tertiary/aromatic N) is 1. The van der Waals surface area contributed by atoms with Crippen LogP contribution in [0.1, 0.15) is 15.9 Å². The van der Waals surface area contributed by atoms with Crippen LogP contribution in [0, 0.1) is 5.82 Å². The number of amides is 1. The lowest BCUT2D eigenvalue weighted by Crippen LogP contribution is -2.26. The van der Waals surface area contributed by atoms with Crippen LogP contribution in [0.15, 0.2) is 51.4 Å². The van der Waals surface area contributed by atoms with E-state index in [1.807, 2.05) is 12.1 Å². The van der Waals surface area contributed by atoms with Gasteiger partial charge in [-0.1, -0.05) is 28.1 Å². The Morgan fingerprint density at radius 1 is 1.20 bits per heavy atom. The van der Waals surface area contributed by atoms with Crippen LogP contribution in [-0.2, 0) is 6.54 Å². The first kappa shape index (κ1) is 15.2. The summed E-state index contributed by atoms with van der Waals surface area (Å²) in [6.07, 6.45) is 0. The second-order valence-electron chi connectivity index (χ2n) is 4.42. The average Bonchev–Trinajstić information content (AvgIpc) is 2.40. The minimum absolute atomic E-state index is 0.123. The van der Waals surface area contributed by atoms with Crippen LogP contribution in [0.3, 0.4) is 0 Å². The Morgan fingerprint density at radius 2 is 1.95 bits per heavy atom.